The Labute approximate surface area is 213 Å². The lowest BCUT2D eigenvalue weighted by molar-refractivity contribution is -0.129. The van der Waals surface area contributed by atoms with Crippen LogP contribution in [0.3, 0.4) is 0 Å². The van der Waals surface area contributed by atoms with Crippen molar-refractivity contribution in [1.82, 2.24) is 14.5 Å². The number of aliphatic hydroxyl groups excluding tert-OH is 1. The van der Waals surface area contributed by atoms with Gasteiger partial charge in [0.2, 0.25) is 0 Å². The highest BCUT2D eigenvalue weighted by Gasteiger charge is 2.58. The summed E-state index contributed by atoms with van der Waals surface area (Å²) in [5.41, 5.74) is 3.57. The molecule has 2 aromatic carbocycles. The number of halogens is 1. The van der Waals surface area contributed by atoms with Gasteiger partial charge in [-0.05, 0) is 79.9 Å². The zero-order valence-electron chi connectivity index (χ0n) is 20.0. The van der Waals surface area contributed by atoms with Crippen LogP contribution in [0.25, 0.3) is 21.5 Å². The fourth-order valence-electron chi connectivity index (χ4n) is 8.50. The highest BCUT2D eigenvalue weighted by atomic mass is 32.1. The van der Waals surface area contributed by atoms with Crippen molar-refractivity contribution in [1.29, 1.82) is 0 Å². The predicted octanol–water partition coefficient (Wildman–Crippen LogP) is 6.26. The van der Waals surface area contributed by atoms with E-state index >= 15 is 4.39 Å². The van der Waals surface area contributed by atoms with Gasteiger partial charge in [0.15, 0.2) is 5.13 Å². The number of fused-ring (bicyclic) bond motifs is 4. The van der Waals surface area contributed by atoms with Crippen molar-refractivity contribution in [2.45, 2.75) is 56.7 Å². The minimum absolute atomic E-state index is 0.0724. The topological polar surface area (TPSA) is 63.0 Å². The van der Waals surface area contributed by atoms with E-state index in [0.717, 1.165) is 41.2 Å². The van der Waals surface area contributed by atoms with Crippen molar-refractivity contribution in [2.24, 2.45) is 23.2 Å². The maximum atomic E-state index is 15.0. The first kappa shape index (κ1) is 21.3. The van der Waals surface area contributed by atoms with Crippen LogP contribution in [0, 0.1) is 29.0 Å². The second kappa shape index (κ2) is 7.62. The van der Waals surface area contributed by atoms with Crippen molar-refractivity contribution < 1.29 is 9.50 Å². The molecule has 0 saturated heterocycles. The first-order valence-electron chi connectivity index (χ1n) is 13.2. The number of imidazole rings is 1. The SMILES string of the molecule is O[C@H](C[C@@H]1c2c(F)cccc2-c2cncn21)C12CC3CC(C1)C(Nc1nc4ccccc4s1)C(C3)C2. The summed E-state index contributed by atoms with van der Waals surface area (Å²) in [6.45, 7) is 0. The van der Waals surface area contributed by atoms with Gasteiger partial charge in [0.25, 0.3) is 0 Å². The van der Waals surface area contributed by atoms with Crippen LogP contribution in [0.2, 0.25) is 0 Å². The highest BCUT2D eigenvalue weighted by molar-refractivity contribution is 7.22. The third-order valence-electron chi connectivity index (χ3n) is 9.72. The molecular weight excluding hydrogens is 471 g/mol. The Bertz CT molecular complexity index is 1430. The number of anilines is 1. The zero-order chi connectivity index (χ0) is 24.0. The van der Waals surface area contributed by atoms with Crippen LogP contribution in [0.1, 0.15) is 50.1 Å². The minimum Gasteiger partial charge on any atom is -0.392 e. The molecule has 2 unspecified atom stereocenters. The maximum Gasteiger partial charge on any atom is 0.184 e. The van der Waals surface area contributed by atoms with E-state index in [1.165, 1.54) is 17.5 Å². The monoisotopic (exact) mass is 500 g/mol. The molecule has 4 atom stereocenters. The number of benzene rings is 2. The van der Waals surface area contributed by atoms with Crippen molar-refractivity contribution in [3.8, 4) is 11.3 Å². The molecule has 5 aliphatic rings. The fraction of sp³-hybridized carbons (Fsp3) is 0.448. The van der Waals surface area contributed by atoms with Gasteiger partial charge in [-0.3, -0.25) is 0 Å². The summed E-state index contributed by atoms with van der Waals surface area (Å²) in [5, 5.41) is 16.7. The molecule has 4 aromatic rings. The molecule has 2 aromatic heterocycles. The van der Waals surface area contributed by atoms with Crippen LogP contribution in [0.15, 0.2) is 55.0 Å². The van der Waals surface area contributed by atoms with Crippen molar-refractivity contribution in [3.05, 3.63) is 66.4 Å². The van der Waals surface area contributed by atoms with Gasteiger partial charge in [0, 0.05) is 17.2 Å². The molecule has 0 radical (unpaired) electrons. The Morgan fingerprint density at radius 1 is 1.11 bits per heavy atom. The molecule has 184 valence electrons. The molecule has 2 N–H and O–H groups in total. The van der Waals surface area contributed by atoms with E-state index < -0.39 is 6.10 Å². The number of nitrogens with one attached hydrogen (secondary N) is 1. The van der Waals surface area contributed by atoms with Gasteiger partial charge in [0.05, 0.1) is 40.6 Å². The lowest BCUT2D eigenvalue weighted by atomic mass is 9.46. The Morgan fingerprint density at radius 2 is 1.94 bits per heavy atom. The molecule has 7 heteroatoms. The number of aromatic nitrogens is 3. The van der Waals surface area contributed by atoms with E-state index in [1.807, 2.05) is 18.3 Å². The van der Waals surface area contributed by atoms with E-state index in [4.69, 9.17) is 4.98 Å². The smallest absolute Gasteiger partial charge is 0.184 e. The number of nitrogens with zero attached hydrogens (tertiary/aromatic N) is 3. The average molecular weight is 501 g/mol. The molecule has 4 bridgehead atoms. The lowest BCUT2D eigenvalue weighted by Crippen LogP contribution is -2.59. The highest BCUT2D eigenvalue weighted by Crippen LogP contribution is 2.63. The summed E-state index contributed by atoms with van der Waals surface area (Å²) in [6.07, 6.45) is 9.34. The van der Waals surface area contributed by atoms with E-state index in [-0.39, 0.29) is 17.3 Å². The molecule has 4 fully saturated rings. The summed E-state index contributed by atoms with van der Waals surface area (Å²) >= 11 is 1.74. The normalized spacial score (nSPS) is 32.6. The van der Waals surface area contributed by atoms with E-state index in [9.17, 15) is 5.11 Å². The standard InChI is InChI=1S/C29H29FN4OS/c30-20-5-3-4-19-23-14-31-15-34(23)22(26(19)20)10-25(35)29-11-16-8-17(12-29)27(18(9-16)13-29)33-28-32-21-6-1-2-7-24(21)36-28/h1-7,14-18,22,25,27,35H,8-13H2,(H,32,33)/t16?,17?,18?,22-,25-,27?,29?/m1/s1. The van der Waals surface area contributed by atoms with Gasteiger partial charge in [-0.1, -0.05) is 35.6 Å². The number of thiazole rings is 1. The van der Waals surface area contributed by atoms with E-state index in [1.54, 1.807) is 29.8 Å². The first-order chi connectivity index (χ1) is 17.6. The number of para-hydroxylation sites is 1. The lowest BCUT2D eigenvalue weighted by Gasteiger charge is -2.61. The molecule has 4 aliphatic carbocycles. The Balaban J connectivity index is 1.06. The third kappa shape index (κ3) is 3.02. The molecule has 5 nitrogen and oxygen atoms in total. The molecule has 4 saturated carbocycles. The Hall–Kier alpha value is -2.77. The molecule has 0 spiro atoms. The quantitative estimate of drug-likeness (QED) is 0.340. The summed E-state index contributed by atoms with van der Waals surface area (Å²) < 4.78 is 18.3. The molecule has 36 heavy (non-hydrogen) atoms. The van der Waals surface area contributed by atoms with Crippen LogP contribution >= 0.6 is 11.3 Å². The van der Waals surface area contributed by atoms with Crippen LogP contribution in [-0.2, 0) is 0 Å². The second-order valence-electron chi connectivity index (χ2n) is 11.6. The van der Waals surface area contributed by atoms with Crippen LogP contribution in [0.5, 0.6) is 0 Å². The largest absolute Gasteiger partial charge is 0.392 e. The molecular formula is C29H29FN4OS. The third-order valence-corrected chi connectivity index (χ3v) is 10.7. The summed E-state index contributed by atoms with van der Waals surface area (Å²) in [6, 6.07) is 13.8. The first-order valence-corrected chi connectivity index (χ1v) is 14.0. The number of hydrogen-bond acceptors (Lipinski definition) is 5. The molecule has 9 rings (SSSR count). The van der Waals surface area contributed by atoms with Gasteiger partial charge in [-0.15, -0.1) is 0 Å². The van der Waals surface area contributed by atoms with Crippen molar-refractivity contribution >= 4 is 26.7 Å². The predicted molar refractivity (Wildman–Crippen MR) is 139 cm³/mol. The Kier molecular flexibility index (Phi) is 4.51. The van der Waals surface area contributed by atoms with Gasteiger partial charge >= 0.3 is 0 Å². The van der Waals surface area contributed by atoms with Gasteiger partial charge < -0.3 is 15.0 Å². The van der Waals surface area contributed by atoms with Crippen LogP contribution in [-0.4, -0.2) is 31.8 Å². The molecule has 1 aliphatic heterocycles. The molecule has 3 heterocycles. The number of hydrogen-bond donors (Lipinski definition) is 2. The molecule has 0 amide bonds. The Morgan fingerprint density at radius 3 is 2.78 bits per heavy atom. The van der Waals surface area contributed by atoms with Gasteiger partial charge in [-0.25, -0.2) is 14.4 Å². The van der Waals surface area contributed by atoms with Crippen LogP contribution < -0.4 is 5.32 Å². The summed E-state index contributed by atoms with van der Waals surface area (Å²) in [5.74, 6) is 1.60. The van der Waals surface area contributed by atoms with E-state index in [2.05, 4.69) is 33.1 Å². The fourth-order valence-corrected chi connectivity index (χ4v) is 9.41. The van der Waals surface area contributed by atoms with Gasteiger partial charge in [-0.2, -0.15) is 0 Å². The summed E-state index contributed by atoms with van der Waals surface area (Å²) in [4.78, 5) is 9.18. The van der Waals surface area contributed by atoms with Gasteiger partial charge in [0.1, 0.15) is 5.82 Å². The number of aliphatic hydroxyl groups is 1. The second-order valence-corrected chi connectivity index (χ2v) is 12.7. The van der Waals surface area contributed by atoms with Crippen molar-refractivity contribution in [2.75, 3.05) is 5.32 Å². The zero-order valence-corrected chi connectivity index (χ0v) is 20.8. The maximum absolute atomic E-state index is 15.0. The van der Waals surface area contributed by atoms with Crippen molar-refractivity contribution in [3.63, 3.8) is 0 Å². The van der Waals surface area contributed by atoms with Crippen LogP contribution in [0.4, 0.5) is 9.52 Å². The number of rotatable bonds is 5. The van der Waals surface area contributed by atoms with E-state index in [0.29, 0.717) is 35.8 Å². The average Bonchev–Trinajstić information content (AvgIpc) is 3.57. The summed E-state index contributed by atoms with van der Waals surface area (Å²) in [7, 11) is 0. The minimum atomic E-state index is -0.459.